The Morgan fingerprint density at radius 3 is 2.69 bits per heavy atom. The van der Waals surface area contributed by atoms with E-state index in [-0.39, 0.29) is 11.8 Å². The average Bonchev–Trinajstić information content (AvgIpc) is 2.63. The van der Waals surface area contributed by atoms with Gasteiger partial charge in [0.1, 0.15) is 5.75 Å². The van der Waals surface area contributed by atoms with E-state index >= 15 is 0 Å². The van der Waals surface area contributed by atoms with Gasteiger partial charge in [-0.1, -0.05) is 24.3 Å². The number of anilines is 1. The number of nitrogens with zero attached hydrogens (tertiary/aromatic N) is 1. The highest BCUT2D eigenvalue weighted by atomic mass is 16.5. The Kier molecular flexibility index (Phi) is 5.91. The van der Waals surface area contributed by atoms with Gasteiger partial charge in [0.05, 0.1) is 13.2 Å². The van der Waals surface area contributed by atoms with Crippen LogP contribution >= 0.6 is 0 Å². The third-order valence-electron chi connectivity index (χ3n) is 4.87. The van der Waals surface area contributed by atoms with E-state index in [0.717, 1.165) is 36.5 Å². The second-order valence-electron chi connectivity index (χ2n) is 6.85. The Morgan fingerprint density at radius 1 is 1.27 bits per heavy atom. The molecule has 0 aliphatic carbocycles. The summed E-state index contributed by atoms with van der Waals surface area (Å²) in [5.74, 6) is 0.903. The molecule has 5 heteroatoms. The molecule has 138 valence electrons. The van der Waals surface area contributed by atoms with Crippen LogP contribution < -0.4 is 10.1 Å². The first-order chi connectivity index (χ1) is 12.5. The summed E-state index contributed by atoms with van der Waals surface area (Å²) in [6.07, 6.45) is 0.521. The van der Waals surface area contributed by atoms with Crippen molar-refractivity contribution in [2.24, 2.45) is 0 Å². The van der Waals surface area contributed by atoms with Crippen LogP contribution in [-0.4, -0.2) is 42.2 Å². The number of β-amino-alcohol motifs (C(OH)–C–C–N with tert-alkyl or cyclic N) is 1. The minimum absolute atomic E-state index is 0.0690. The molecule has 5 nitrogen and oxygen atoms in total. The summed E-state index contributed by atoms with van der Waals surface area (Å²) in [5, 5.41) is 13.4. The molecule has 2 atom stereocenters. The summed E-state index contributed by atoms with van der Waals surface area (Å²) in [4.78, 5) is 13.4. The maximum absolute atomic E-state index is 11.1. The molecule has 26 heavy (non-hydrogen) atoms. The van der Waals surface area contributed by atoms with Gasteiger partial charge in [-0.3, -0.25) is 9.69 Å². The molecule has 2 aromatic rings. The number of carbonyl (C=O) groups is 1. The summed E-state index contributed by atoms with van der Waals surface area (Å²) in [6.45, 7) is 3.88. The van der Waals surface area contributed by atoms with Gasteiger partial charge in [0, 0.05) is 31.6 Å². The zero-order chi connectivity index (χ0) is 18.5. The van der Waals surface area contributed by atoms with Crippen LogP contribution in [0.15, 0.2) is 48.5 Å². The van der Waals surface area contributed by atoms with Crippen molar-refractivity contribution >= 4 is 11.6 Å². The minimum atomic E-state index is -0.394. The normalized spacial score (nSPS) is 20.6. The number of amides is 1. The Balaban J connectivity index is 1.59. The van der Waals surface area contributed by atoms with Crippen LogP contribution in [0.2, 0.25) is 0 Å². The monoisotopic (exact) mass is 354 g/mol. The zero-order valence-corrected chi connectivity index (χ0v) is 15.3. The highest BCUT2D eigenvalue weighted by Gasteiger charge is 2.29. The Bertz CT molecular complexity index is 745. The van der Waals surface area contributed by atoms with Crippen molar-refractivity contribution in [2.75, 3.05) is 25.5 Å². The number of hydrogen-bond donors (Lipinski definition) is 2. The molecular weight excluding hydrogens is 328 g/mol. The van der Waals surface area contributed by atoms with Gasteiger partial charge in [-0.25, -0.2) is 0 Å². The van der Waals surface area contributed by atoms with E-state index in [4.69, 9.17) is 4.74 Å². The van der Waals surface area contributed by atoms with Gasteiger partial charge in [0.25, 0.3) is 0 Å². The highest BCUT2D eigenvalue weighted by molar-refractivity contribution is 5.88. The summed E-state index contributed by atoms with van der Waals surface area (Å²) >= 11 is 0. The third kappa shape index (κ3) is 4.62. The molecule has 0 bridgehead atoms. The SMILES string of the molecule is COc1cccc([C@H]2CCN(Cc3ccc(NC(C)=O)cc3)C[C@@H]2O)c1. The lowest BCUT2D eigenvalue weighted by atomic mass is 9.87. The molecule has 1 aliphatic rings. The van der Waals surface area contributed by atoms with E-state index in [2.05, 4.69) is 16.3 Å². The van der Waals surface area contributed by atoms with Crippen molar-refractivity contribution < 1.29 is 14.6 Å². The number of likely N-dealkylation sites (tertiary alicyclic amines) is 1. The third-order valence-corrected chi connectivity index (χ3v) is 4.87. The fraction of sp³-hybridized carbons (Fsp3) is 0.381. The number of methoxy groups -OCH3 is 1. The first kappa shape index (κ1) is 18.4. The zero-order valence-electron chi connectivity index (χ0n) is 15.3. The predicted molar refractivity (Wildman–Crippen MR) is 102 cm³/mol. The lowest BCUT2D eigenvalue weighted by molar-refractivity contribution is -0.114. The summed E-state index contributed by atoms with van der Waals surface area (Å²) in [7, 11) is 1.66. The Hall–Kier alpha value is -2.37. The maximum Gasteiger partial charge on any atom is 0.221 e. The second-order valence-corrected chi connectivity index (χ2v) is 6.85. The lowest BCUT2D eigenvalue weighted by Gasteiger charge is -2.36. The number of hydrogen-bond acceptors (Lipinski definition) is 4. The molecule has 1 fully saturated rings. The predicted octanol–water partition coefficient (Wildman–Crippen LogP) is 3.00. The fourth-order valence-electron chi connectivity index (χ4n) is 3.56. The van der Waals surface area contributed by atoms with E-state index < -0.39 is 6.10 Å². The van der Waals surface area contributed by atoms with E-state index in [1.807, 2.05) is 42.5 Å². The van der Waals surface area contributed by atoms with Gasteiger partial charge >= 0.3 is 0 Å². The summed E-state index contributed by atoms with van der Waals surface area (Å²) < 4.78 is 5.30. The smallest absolute Gasteiger partial charge is 0.221 e. The molecule has 3 rings (SSSR count). The van der Waals surface area contributed by atoms with Crippen molar-refractivity contribution in [3.63, 3.8) is 0 Å². The largest absolute Gasteiger partial charge is 0.497 e. The summed E-state index contributed by atoms with van der Waals surface area (Å²) in [5.41, 5.74) is 3.11. The van der Waals surface area contributed by atoms with Crippen LogP contribution in [0.5, 0.6) is 5.75 Å². The molecule has 2 N–H and O–H groups in total. The van der Waals surface area contributed by atoms with Gasteiger partial charge in [-0.2, -0.15) is 0 Å². The van der Waals surface area contributed by atoms with E-state index in [1.165, 1.54) is 12.5 Å². The molecule has 0 unspecified atom stereocenters. The van der Waals surface area contributed by atoms with Crippen LogP contribution in [0.25, 0.3) is 0 Å². The standard InChI is InChI=1S/C21H26N2O3/c1-15(24)22-18-8-6-16(7-9-18)13-23-11-10-20(21(25)14-23)17-4-3-5-19(12-17)26-2/h3-9,12,20-21,25H,10-11,13-14H2,1-2H3,(H,22,24)/t20-,21+/m1/s1. The number of aliphatic hydroxyl groups excluding tert-OH is 1. The van der Waals surface area contributed by atoms with Crippen molar-refractivity contribution in [3.05, 3.63) is 59.7 Å². The van der Waals surface area contributed by atoms with Crippen LogP contribution in [0, 0.1) is 0 Å². The molecule has 2 aromatic carbocycles. The van der Waals surface area contributed by atoms with E-state index in [9.17, 15) is 9.90 Å². The van der Waals surface area contributed by atoms with Crippen LogP contribution in [0.4, 0.5) is 5.69 Å². The summed E-state index contributed by atoms with van der Waals surface area (Å²) in [6, 6.07) is 15.8. The second kappa shape index (κ2) is 8.34. The highest BCUT2D eigenvalue weighted by Crippen LogP contribution is 2.31. The van der Waals surface area contributed by atoms with Gasteiger partial charge in [0.15, 0.2) is 0 Å². The first-order valence-corrected chi connectivity index (χ1v) is 8.96. The van der Waals surface area contributed by atoms with Gasteiger partial charge < -0.3 is 15.2 Å². The quantitative estimate of drug-likeness (QED) is 0.866. The first-order valence-electron chi connectivity index (χ1n) is 8.96. The number of nitrogens with one attached hydrogen (secondary N) is 1. The van der Waals surface area contributed by atoms with E-state index in [0.29, 0.717) is 6.54 Å². The molecule has 1 saturated heterocycles. The number of piperidine rings is 1. The molecule has 1 amide bonds. The molecule has 0 spiro atoms. The molecular formula is C21H26N2O3. The van der Waals surface area contributed by atoms with Crippen molar-refractivity contribution in [2.45, 2.75) is 31.9 Å². The van der Waals surface area contributed by atoms with Crippen LogP contribution in [0.3, 0.4) is 0 Å². The molecule has 1 heterocycles. The van der Waals surface area contributed by atoms with Gasteiger partial charge in [0.2, 0.25) is 5.91 Å². The fourth-order valence-corrected chi connectivity index (χ4v) is 3.56. The van der Waals surface area contributed by atoms with Crippen molar-refractivity contribution in [1.82, 2.24) is 4.90 Å². The number of ether oxygens (including phenoxy) is 1. The van der Waals surface area contributed by atoms with Gasteiger partial charge in [-0.05, 0) is 48.4 Å². The molecule has 1 aliphatic heterocycles. The van der Waals surface area contributed by atoms with Gasteiger partial charge in [-0.15, -0.1) is 0 Å². The lowest BCUT2D eigenvalue weighted by Crippen LogP contribution is -2.42. The minimum Gasteiger partial charge on any atom is -0.497 e. The average molecular weight is 354 g/mol. The number of aliphatic hydroxyl groups is 1. The molecule has 0 radical (unpaired) electrons. The van der Waals surface area contributed by atoms with E-state index in [1.54, 1.807) is 7.11 Å². The molecule has 0 saturated carbocycles. The molecule has 0 aromatic heterocycles. The topological polar surface area (TPSA) is 61.8 Å². The van der Waals surface area contributed by atoms with Crippen LogP contribution in [0.1, 0.15) is 30.4 Å². The maximum atomic E-state index is 11.1. The number of rotatable bonds is 5. The van der Waals surface area contributed by atoms with Crippen molar-refractivity contribution in [3.8, 4) is 5.75 Å². The van der Waals surface area contributed by atoms with Crippen molar-refractivity contribution in [1.29, 1.82) is 0 Å². The number of carbonyl (C=O) groups excluding carboxylic acids is 1. The van der Waals surface area contributed by atoms with Crippen LogP contribution in [-0.2, 0) is 11.3 Å². The number of benzene rings is 2. The Morgan fingerprint density at radius 2 is 2.04 bits per heavy atom. The Labute approximate surface area is 154 Å².